The molecule has 1 aromatic heterocycles. The third kappa shape index (κ3) is 3.61. The van der Waals surface area contributed by atoms with E-state index in [1.165, 1.54) is 16.3 Å². The molecule has 5 nitrogen and oxygen atoms in total. The second-order valence-corrected chi connectivity index (χ2v) is 7.12. The third-order valence-corrected chi connectivity index (χ3v) is 4.90. The van der Waals surface area contributed by atoms with E-state index in [0.29, 0.717) is 20.9 Å². The van der Waals surface area contributed by atoms with E-state index in [0.717, 1.165) is 30.5 Å². The SMILES string of the molecule is CSc1nc2c(c(=O)n1CC(=O)Nc1cc(Cl)cc(Cl)c1)CCC2. The minimum Gasteiger partial charge on any atom is -0.324 e. The van der Waals surface area contributed by atoms with Crippen molar-refractivity contribution in [1.82, 2.24) is 9.55 Å². The predicted molar refractivity (Wildman–Crippen MR) is 97.4 cm³/mol. The number of hydrogen-bond acceptors (Lipinski definition) is 4. The van der Waals surface area contributed by atoms with E-state index in [-0.39, 0.29) is 18.0 Å². The second kappa shape index (κ2) is 7.17. The maximum atomic E-state index is 12.6. The number of carbonyl (C=O) groups excluding carboxylic acids is 1. The van der Waals surface area contributed by atoms with Crippen molar-refractivity contribution in [3.05, 3.63) is 49.9 Å². The van der Waals surface area contributed by atoms with E-state index in [2.05, 4.69) is 10.3 Å². The van der Waals surface area contributed by atoms with E-state index in [4.69, 9.17) is 23.2 Å². The molecule has 1 aromatic carbocycles. The van der Waals surface area contributed by atoms with Gasteiger partial charge in [-0.15, -0.1) is 0 Å². The summed E-state index contributed by atoms with van der Waals surface area (Å²) in [5.41, 5.74) is 1.96. The summed E-state index contributed by atoms with van der Waals surface area (Å²) in [6.07, 6.45) is 4.32. The van der Waals surface area contributed by atoms with Gasteiger partial charge in [-0.25, -0.2) is 4.98 Å². The zero-order valence-corrected chi connectivity index (χ0v) is 15.3. The molecule has 2 aromatic rings. The summed E-state index contributed by atoms with van der Waals surface area (Å²) in [5.74, 6) is -0.328. The first-order valence-corrected chi connectivity index (χ1v) is 9.38. The fourth-order valence-electron chi connectivity index (χ4n) is 2.77. The monoisotopic (exact) mass is 383 g/mol. The summed E-state index contributed by atoms with van der Waals surface area (Å²) >= 11 is 13.2. The van der Waals surface area contributed by atoms with Gasteiger partial charge in [0, 0.05) is 21.3 Å². The summed E-state index contributed by atoms with van der Waals surface area (Å²) in [7, 11) is 0. The first-order valence-electron chi connectivity index (χ1n) is 7.40. The molecular weight excluding hydrogens is 369 g/mol. The predicted octanol–water partition coefficient (Wildman–Crippen LogP) is 3.40. The zero-order valence-electron chi connectivity index (χ0n) is 12.9. The van der Waals surface area contributed by atoms with Gasteiger partial charge >= 0.3 is 0 Å². The molecule has 1 heterocycles. The minimum absolute atomic E-state index is 0.0978. The van der Waals surface area contributed by atoms with Crippen molar-refractivity contribution in [3.8, 4) is 0 Å². The number of hydrogen-bond donors (Lipinski definition) is 1. The van der Waals surface area contributed by atoms with Crippen LogP contribution in [0.15, 0.2) is 28.2 Å². The molecule has 1 aliphatic rings. The summed E-state index contributed by atoms with van der Waals surface area (Å²) in [4.78, 5) is 29.5. The van der Waals surface area contributed by atoms with Crippen molar-refractivity contribution in [2.75, 3.05) is 11.6 Å². The molecule has 0 fully saturated rings. The van der Waals surface area contributed by atoms with E-state index in [1.807, 2.05) is 6.26 Å². The van der Waals surface area contributed by atoms with Gasteiger partial charge < -0.3 is 5.32 Å². The van der Waals surface area contributed by atoms with Gasteiger partial charge in [-0.05, 0) is 43.7 Å². The number of nitrogens with zero attached hydrogens (tertiary/aromatic N) is 2. The normalized spacial score (nSPS) is 13.0. The van der Waals surface area contributed by atoms with Crippen LogP contribution >= 0.6 is 35.0 Å². The fraction of sp³-hybridized carbons (Fsp3) is 0.312. The van der Waals surface area contributed by atoms with Gasteiger partial charge in [0.1, 0.15) is 6.54 Å². The Kier molecular flexibility index (Phi) is 5.18. The quantitative estimate of drug-likeness (QED) is 0.648. The molecule has 0 atom stereocenters. The van der Waals surface area contributed by atoms with E-state index in [9.17, 15) is 9.59 Å². The first kappa shape index (κ1) is 17.3. The molecule has 24 heavy (non-hydrogen) atoms. The molecule has 0 saturated heterocycles. The number of fused-ring (bicyclic) bond motifs is 1. The Balaban J connectivity index is 1.85. The van der Waals surface area contributed by atoms with Gasteiger partial charge in [-0.1, -0.05) is 35.0 Å². The standard InChI is InChI=1S/C16H15Cl2N3O2S/c1-24-16-20-13-4-2-3-12(13)15(23)21(16)8-14(22)19-11-6-9(17)5-10(18)7-11/h5-7H,2-4,8H2,1H3,(H,19,22). The van der Waals surface area contributed by atoms with Crippen molar-refractivity contribution in [1.29, 1.82) is 0 Å². The number of amides is 1. The lowest BCUT2D eigenvalue weighted by molar-refractivity contribution is -0.116. The molecule has 0 aliphatic heterocycles. The summed E-state index contributed by atoms with van der Waals surface area (Å²) in [5, 5.41) is 4.13. The number of aryl methyl sites for hydroxylation is 1. The maximum absolute atomic E-state index is 12.6. The molecule has 0 bridgehead atoms. The highest BCUT2D eigenvalue weighted by atomic mass is 35.5. The number of thioether (sulfide) groups is 1. The molecule has 8 heteroatoms. The number of benzene rings is 1. The number of aromatic nitrogens is 2. The van der Waals surface area contributed by atoms with Crippen LogP contribution in [0.1, 0.15) is 17.7 Å². The molecule has 1 amide bonds. The maximum Gasteiger partial charge on any atom is 0.258 e. The van der Waals surface area contributed by atoms with Crippen LogP contribution in [0.25, 0.3) is 0 Å². The second-order valence-electron chi connectivity index (χ2n) is 5.47. The van der Waals surface area contributed by atoms with Crippen LogP contribution in [0, 0.1) is 0 Å². The largest absolute Gasteiger partial charge is 0.324 e. The van der Waals surface area contributed by atoms with Crippen LogP contribution < -0.4 is 10.9 Å². The first-order chi connectivity index (χ1) is 11.5. The molecule has 126 valence electrons. The van der Waals surface area contributed by atoms with Crippen LogP contribution in [0.3, 0.4) is 0 Å². The van der Waals surface area contributed by atoms with Crippen molar-refractivity contribution < 1.29 is 4.79 Å². The van der Waals surface area contributed by atoms with Crippen LogP contribution in [0.2, 0.25) is 10.0 Å². The Morgan fingerprint density at radius 2 is 2.00 bits per heavy atom. The highest BCUT2D eigenvalue weighted by Gasteiger charge is 2.21. The van der Waals surface area contributed by atoms with Gasteiger partial charge in [-0.3, -0.25) is 14.2 Å². The lowest BCUT2D eigenvalue weighted by Gasteiger charge is -2.13. The molecular formula is C16H15Cl2N3O2S. The van der Waals surface area contributed by atoms with Crippen LogP contribution in [0.4, 0.5) is 5.69 Å². The molecule has 3 rings (SSSR count). The Labute approximate surface area is 153 Å². The number of rotatable bonds is 4. The Hall–Kier alpha value is -1.50. The van der Waals surface area contributed by atoms with Crippen molar-refractivity contribution in [2.45, 2.75) is 31.0 Å². The molecule has 1 aliphatic carbocycles. The molecule has 0 saturated carbocycles. The number of nitrogens with one attached hydrogen (secondary N) is 1. The average Bonchev–Trinajstić information content (AvgIpc) is 2.97. The highest BCUT2D eigenvalue weighted by Crippen LogP contribution is 2.23. The Morgan fingerprint density at radius 1 is 1.29 bits per heavy atom. The molecule has 0 radical (unpaired) electrons. The summed E-state index contributed by atoms with van der Waals surface area (Å²) in [6, 6.07) is 4.79. The van der Waals surface area contributed by atoms with E-state index >= 15 is 0 Å². The highest BCUT2D eigenvalue weighted by molar-refractivity contribution is 7.98. The van der Waals surface area contributed by atoms with Gasteiger partial charge in [0.2, 0.25) is 5.91 Å². The summed E-state index contributed by atoms with van der Waals surface area (Å²) < 4.78 is 1.43. The third-order valence-electron chi connectivity index (χ3n) is 3.78. The number of anilines is 1. The molecule has 1 N–H and O–H groups in total. The average molecular weight is 384 g/mol. The minimum atomic E-state index is -0.328. The van der Waals surface area contributed by atoms with Gasteiger partial charge in [0.15, 0.2) is 5.16 Å². The molecule has 0 spiro atoms. The topological polar surface area (TPSA) is 64.0 Å². The lowest BCUT2D eigenvalue weighted by Crippen LogP contribution is -2.32. The Bertz CT molecular complexity index is 847. The van der Waals surface area contributed by atoms with Crippen molar-refractivity contribution in [3.63, 3.8) is 0 Å². The Morgan fingerprint density at radius 3 is 2.67 bits per heavy atom. The fourth-order valence-corrected chi connectivity index (χ4v) is 3.87. The lowest BCUT2D eigenvalue weighted by atomic mass is 10.2. The zero-order chi connectivity index (χ0) is 17.3. The van der Waals surface area contributed by atoms with Crippen LogP contribution in [-0.2, 0) is 24.2 Å². The van der Waals surface area contributed by atoms with Gasteiger partial charge in [-0.2, -0.15) is 0 Å². The van der Waals surface area contributed by atoms with E-state index < -0.39 is 0 Å². The molecule has 0 unspecified atom stereocenters. The van der Waals surface area contributed by atoms with Crippen molar-refractivity contribution >= 4 is 46.6 Å². The van der Waals surface area contributed by atoms with Crippen molar-refractivity contribution in [2.24, 2.45) is 0 Å². The summed E-state index contributed by atoms with van der Waals surface area (Å²) in [6.45, 7) is -0.0978. The van der Waals surface area contributed by atoms with E-state index in [1.54, 1.807) is 18.2 Å². The van der Waals surface area contributed by atoms with Crippen LogP contribution in [-0.4, -0.2) is 21.7 Å². The number of halogens is 2. The smallest absolute Gasteiger partial charge is 0.258 e. The number of carbonyl (C=O) groups is 1. The van der Waals surface area contributed by atoms with Gasteiger partial charge in [0.05, 0.1) is 5.69 Å². The van der Waals surface area contributed by atoms with Crippen LogP contribution in [0.5, 0.6) is 0 Å². The van der Waals surface area contributed by atoms with Gasteiger partial charge in [0.25, 0.3) is 5.56 Å².